The van der Waals surface area contributed by atoms with Gasteiger partial charge in [0, 0.05) is 14.1 Å². The van der Waals surface area contributed by atoms with Gasteiger partial charge in [-0.25, -0.2) is 9.78 Å². The Kier molecular flexibility index (Phi) is 2.57. The summed E-state index contributed by atoms with van der Waals surface area (Å²) >= 11 is 0. The molecule has 1 amide bonds. The molecule has 0 aliphatic heterocycles. The van der Waals surface area contributed by atoms with Crippen LogP contribution in [-0.2, 0) is 25.4 Å². The van der Waals surface area contributed by atoms with Gasteiger partial charge in [-0.15, -0.1) is 0 Å². The average molecular weight is 251 g/mol. The van der Waals surface area contributed by atoms with Gasteiger partial charge in [-0.1, -0.05) is 0 Å². The molecule has 8 heteroatoms. The molecule has 2 N–H and O–H groups in total. The van der Waals surface area contributed by atoms with Crippen LogP contribution in [0.2, 0.25) is 0 Å². The first-order valence-corrected chi connectivity index (χ1v) is 5.25. The van der Waals surface area contributed by atoms with E-state index in [1.807, 2.05) is 0 Å². The molecule has 0 unspecified atom stereocenters. The zero-order valence-corrected chi connectivity index (χ0v) is 10.3. The van der Waals surface area contributed by atoms with Crippen LogP contribution in [0.15, 0.2) is 9.59 Å². The fraction of sp³-hybridized carbons (Fsp3) is 0.400. The van der Waals surface area contributed by atoms with Gasteiger partial charge < -0.3 is 10.3 Å². The van der Waals surface area contributed by atoms with E-state index in [1.165, 1.54) is 7.05 Å². The van der Waals surface area contributed by atoms with Crippen molar-refractivity contribution in [2.75, 3.05) is 0 Å². The summed E-state index contributed by atoms with van der Waals surface area (Å²) in [5, 5.41) is 0. The van der Waals surface area contributed by atoms with Crippen LogP contribution in [-0.4, -0.2) is 24.6 Å². The van der Waals surface area contributed by atoms with E-state index < -0.39 is 17.2 Å². The molecule has 0 atom stereocenters. The molecular weight excluding hydrogens is 238 g/mol. The summed E-state index contributed by atoms with van der Waals surface area (Å²) < 4.78 is 3.62. The number of amides is 1. The third kappa shape index (κ3) is 1.53. The Bertz CT molecular complexity index is 764. The molecule has 0 bridgehead atoms. The highest BCUT2D eigenvalue weighted by atomic mass is 16.2. The molecule has 0 aromatic carbocycles. The number of rotatable bonds is 2. The van der Waals surface area contributed by atoms with Crippen LogP contribution in [0.1, 0.15) is 5.82 Å². The molecule has 0 saturated carbocycles. The van der Waals surface area contributed by atoms with Gasteiger partial charge in [0.25, 0.3) is 5.56 Å². The summed E-state index contributed by atoms with van der Waals surface area (Å²) in [4.78, 5) is 39.0. The lowest BCUT2D eigenvalue weighted by atomic mass is 10.4. The van der Waals surface area contributed by atoms with Gasteiger partial charge in [-0.2, -0.15) is 0 Å². The molecule has 96 valence electrons. The largest absolute Gasteiger partial charge is 0.368 e. The molecule has 18 heavy (non-hydrogen) atoms. The van der Waals surface area contributed by atoms with E-state index >= 15 is 0 Å². The van der Waals surface area contributed by atoms with Crippen LogP contribution in [0.25, 0.3) is 11.2 Å². The lowest BCUT2D eigenvalue weighted by Gasteiger charge is -2.06. The summed E-state index contributed by atoms with van der Waals surface area (Å²) in [7, 11) is 3.02. The maximum atomic E-state index is 12.0. The Labute approximate surface area is 101 Å². The van der Waals surface area contributed by atoms with E-state index in [1.54, 1.807) is 18.5 Å². The minimum Gasteiger partial charge on any atom is -0.368 e. The van der Waals surface area contributed by atoms with Crippen molar-refractivity contribution in [3.05, 3.63) is 26.7 Å². The quantitative estimate of drug-likeness (QED) is 0.681. The maximum Gasteiger partial charge on any atom is 0.332 e. The Balaban J connectivity index is 3.02. The van der Waals surface area contributed by atoms with Gasteiger partial charge in [0.15, 0.2) is 11.2 Å². The number of fused-ring (bicyclic) bond motifs is 1. The van der Waals surface area contributed by atoms with Crippen molar-refractivity contribution in [3.8, 4) is 0 Å². The van der Waals surface area contributed by atoms with Gasteiger partial charge in [0.05, 0.1) is 0 Å². The lowest BCUT2D eigenvalue weighted by Crippen LogP contribution is -2.40. The molecule has 0 fully saturated rings. The number of nitrogens with two attached hydrogens (primary N) is 1. The first kappa shape index (κ1) is 12.1. The molecule has 2 aromatic heterocycles. The number of aromatic nitrogens is 4. The average Bonchev–Trinajstić information content (AvgIpc) is 2.58. The Morgan fingerprint density at radius 3 is 2.44 bits per heavy atom. The van der Waals surface area contributed by atoms with Crippen LogP contribution >= 0.6 is 0 Å². The fourth-order valence-electron chi connectivity index (χ4n) is 1.84. The first-order chi connectivity index (χ1) is 8.34. The summed E-state index contributed by atoms with van der Waals surface area (Å²) in [5.41, 5.74) is 4.50. The lowest BCUT2D eigenvalue weighted by molar-refractivity contribution is -0.118. The minimum atomic E-state index is -0.666. The standard InChI is InChI=1S/C10H13N5O3/c1-5-12-8-7(13(5)2)9(17)14(3)10(18)15(8)4-6(11)16/h4H2,1-3H3,(H2,11,16). The SMILES string of the molecule is Cc1nc2c(c(=O)n(C)c(=O)n2CC(N)=O)n1C. The van der Waals surface area contributed by atoms with Gasteiger partial charge in [0.2, 0.25) is 5.91 Å². The number of primary amides is 1. The second-order valence-electron chi connectivity index (χ2n) is 4.09. The highest BCUT2D eigenvalue weighted by Crippen LogP contribution is 2.08. The molecule has 0 aliphatic rings. The normalized spacial score (nSPS) is 11.1. The van der Waals surface area contributed by atoms with Crippen molar-refractivity contribution >= 4 is 17.1 Å². The third-order valence-corrected chi connectivity index (χ3v) is 2.89. The third-order valence-electron chi connectivity index (χ3n) is 2.89. The van der Waals surface area contributed by atoms with Gasteiger partial charge in [-0.3, -0.25) is 18.7 Å². The van der Waals surface area contributed by atoms with E-state index in [-0.39, 0.29) is 17.7 Å². The van der Waals surface area contributed by atoms with Crippen molar-refractivity contribution in [3.63, 3.8) is 0 Å². The fourth-order valence-corrected chi connectivity index (χ4v) is 1.84. The molecule has 2 rings (SSSR count). The van der Waals surface area contributed by atoms with Crippen LogP contribution in [0.3, 0.4) is 0 Å². The summed E-state index contributed by atoms with van der Waals surface area (Å²) in [6, 6.07) is 0. The maximum absolute atomic E-state index is 12.0. The Hall–Kier alpha value is -2.38. The number of nitrogens with zero attached hydrogens (tertiary/aromatic N) is 4. The van der Waals surface area contributed by atoms with E-state index in [0.29, 0.717) is 5.82 Å². The van der Waals surface area contributed by atoms with E-state index in [0.717, 1.165) is 9.13 Å². The minimum absolute atomic E-state index is 0.182. The summed E-state index contributed by atoms with van der Waals surface area (Å²) in [5.74, 6) is -0.0914. The number of carbonyl (C=O) groups excluding carboxylic acids is 1. The predicted octanol–water partition coefficient (Wildman–Crippen LogP) is -1.77. The zero-order chi connectivity index (χ0) is 13.6. The number of hydrogen-bond acceptors (Lipinski definition) is 4. The number of hydrogen-bond donors (Lipinski definition) is 1. The number of carbonyl (C=O) groups is 1. The van der Waals surface area contributed by atoms with Gasteiger partial charge >= 0.3 is 5.69 Å². The molecule has 0 radical (unpaired) electrons. The van der Waals surface area contributed by atoms with Crippen molar-refractivity contribution in [2.24, 2.45) is 19.8 Å². The molecular formula is C10H13N5O3. The van der Waals surface area contributed by atoms with Crippen molar-refractivity contribution in [1.82, 2.24) is 18.7 Å². The Morgan fingerprint density at radius 2 is 1.89 bits per heavy atom. The van der Waals surface area contributed by atoms with Crippen LogP contribution < -0.4 is 17.0 Å². The topological polar surface area (TPSA) is 105 Å². The van der Waals surface area contributed by atoms with E-state index in [4.69, 9.17) is 5.73 Å². The van der Waals surface area contributed by atoms with E-state index in [2.05, 4.69) is 4.98 Å². The number of imidazole rings is 1. The zero-order valence-electron chi connectivity index (χ0n) is 10.3. The van der Waals surface area contributed by atoms with Crippen LogP contribution in [0.5, 0.6) is 0 Å². The predicted molar refractivity (Wildman–Crippen MR) is 64.1 cm³/mol. The van der Waals surface area contributed by atoms with Gasteiger partial charge in [-0.05, 0) is 6.92 Å². The highest BCUT2D eigenvalue weighted by Gasteiger charge is 2.17. The number of aryl methyl sites for hydroxylation is 2. The smallest absolute Gasteiger partial charge is 0.332 e. The van der Waals surface area contributed by atoms with Crippen molar-refractivity contribution in [2.45, 2.75) is 13.5 Å². The second kappa shape index (κ2) is 3.83. The Morgan fingerprint density at radius 1 is 1.28 bits per heavy atom. The molecule has 0 saturated heterocycles. The van der Waals surface area contributed by atoms with Crippen LogP contribution in [0, 0.1) is 6.92 Å². The van der Waals surface area contributed by atoms with E-state index in [9.17, 15) is 14.4 Å². The first-order valence-electron chi connectivity index (χ1n) is 5.25. The van der Waals surface area contributed by atoms with Crippen molar-refractivity contribution < 1.29 is 4.79 Å². The molecule has 0 aliphatic carbocycles. The summed E-state index contributed by atoms with van der Waals surface area (Å²) in [6.45, 7) is 1.40. The summed E-state index contributed by atoms with van der Waals surface area (Å²) in [6.07, 6.45) is 0. The molecule has 2 heterocycles. The van der Waals surface area contributed by atoms with Crippen molar-refractivity contribution in [1.29, 1.82) is 0 Å². The van der Waals surface area contributed by atoms with Crippen LogP contribution in [0.4, 0.5) is 0 Å². The van der Waals surface area contributed by atoms with Gasteiger partial charge in [0.1, 0.15) is 12.4 Å². The molecule has 8 nitrogen and oxygen atoms in total. The monoisotopic (exact) mass is 251 g/mol. The molecule has 2 aromatic rings. The highest BCUT2D eigenvalue weighted by molar-refractivity contribution is 5.77. The molecule has 0 spiro atoms. The second-order valence-corrected chi connectivity index (χ2v) is 4.09.